The Morgan fingerprint density at radius 3 is 2.48 bits per heavy atom. The molecule has 1 atom stereocenters. The lowest BCUT2D eigenvalue weighted by Crippen LogP contribution is -2.35. The number of nitrogens with zero attached hydrogens (tertiary/aromatic N) is 3. The highest BCUT2D eigenvalue weighted by atomic mass is 16.3. The predicted molar refractivity (Wildman–Crippen MR) is 83.1 cm³/mol. The van der Waals surface area contributed by atoms with Gasteiger partial charge in [0.25, 0.3) is 0 Å². The van der Waals surface area contributed by atoms with Crippen LogP contribution in [0, 0.1) is 20.8 Å². The summed E-state index contributed by atoms with van der Waals surface area (Å²) in [5.41, 5.74) is 8.50. The number of aliphatic hydroxyl groups is 2. The standard InChI is InChI=1S/C15H24N4O2/c1-5-15(21,6-7-20)8-19-11(4)18-12-13(19)9(2)10(3)17-14(12)16/h20-21H,5-8H2,1-4H3,(H2,16,17). The first-order valence-corrected chi connectivity index (χ1v) is 7.25. The summed E-state index contributed by atoms with van der Waals surface area (Å²) in [7, 11) is 0. The van der Waals surface area contributed by atoms with Gasteiger partial charge >= 0.3 is 0 Å². The summed E-state index contributed by atoms with van der Waals surface area (Å²) in [5, 5.41) is 19.8. The molecule has 0 fully saturated rings. The maximum absolute atomic E-state index is 10.6. The number of aryl methyl sites for hydroxylation is 3. The van der Waals surface area contributed by atoms with Gasteiger partial charge in [0.15, 0.2) is 5.82 Å². The molecule has 0 radical (unpaired) electrons. The van der Waals surface area contributed by atoms with Gasteiger partial charge in [0.1, 0.15) is 11.3 Å². The lowest BCUT2D eigenvalue weighted by atomic mass is 9.96. The summed E-state index contributed by atoms with van der Waals surface area (Å²) in [6.07, 6.45) is 0.895. The molecule has 0 saturated carbocycles. The summed E-state index contributed by atoms with van der Waals surface area (Å²) in [6.45, 7) is 8.05. The van der Waals surface area contributed by atoms with E-state index in [9.17, 15) is 10.2 Å². The zero-order valence-electron chi connectivity index (χ0n) is 13.1. The number of fused-ring (bicyclic) bond motifs is 1. The summed E-state index contributed by atoms with van der Waals surface area (Å²) < 4.78 is 1.98. The van der Waals surface area contributed by atoms with Gasteiger partial charge < -0.3 is 20.5 Å². The highest BCUT2D eigenvalue weighted by Gasteiger charge is 2.27. The highest BCUT2D eigenvalue weighted by Crippen LogP contribution is 2.28. The van der Waals surface area contributed by atoms with E-state index >= 15 is 0 Å². The molecule has 0 bridgehead atoms. The number of nitrogen functional groups attached to an aromatic ring is 1. The minimum atomic E-state index is -0.953. The van der Waals surface area contributed by atoms with Gasteiger partial charge in [-0.2, -0.15) is 0 Å². The normalized spacial score (nSPS) is 14.6. The second-order valence-electron chi connectivity index (χ2n) is 5.70. The molecule has 0 amide bonds. The van der Waals surface area contributed by atoms with Gasteiger partial charge in [0.2, 0.25) is 0 Å². The van der Waals surface area contributed by atoms with Crippen molar-refractivity contribution >= 4 is 16.9 Å². The predicted octanol–water partition coefficient (Wildman–Crippen LogP) is 1.46. The molecule has 1 unspecified atom stereocenters. The second-order valence-corrected chi connectivity index (χ2v) is 5.70. The molecule has 0 saturated heterocycles. The second kappa shape index (κ2) is 5.61. The Kier molecular flexibility index (Phi) is 4.20. The van der Waals surface area contributed by atoms with E-state index in [2.05, 4.69) is 9.97 Å². The van der Waals surface area contributed by atoms with Crippen LogP contribution in [-0.2, 0) is 6.54 Å². The smallest absolute Gasteiger partial charge is 0.151 e. The van der Waals surface area contributed by atoms with Crippen molar-refractivity contribution in [3.05, 3.63) is 17.1 Å². The van der Waals surface area contributed by atoms with Crippen LogP contribution >= 0.6 is 0 Å². The molecule has 2 heterocycles. The monoisotopic (exact) mass is 292 g/mol. The summed E-state index contributed by atoms with van der Waals surface area (Å²) in [6, 6.07) is 0. The number of pyridine rings is 1. The topological polar surface area (TPSA) is 97.2 Å². The third-order valence-corrected chi connectivity index (χ3v) is 4.27. The zero-order valence-corrected chi connectivity index (χ0v) is 13.1. The lowest BCUT2D eigenvalue weighted by Gasteiger charge is -2.27. The van der Waals surface area contributed by atoms with Crippen molar-refractivity contribution in [2.75, 3.05) is 12.3 Å². The molecule has 2 aromatic heterocycles. The molecule has 0 aliphatic heterocycles. The van der Waals surface area contributed by atoms with Crippen LogP contribution in [0.1, 0.15) is 36.8 Å². The number of aliphatic hydroxyl groups excluding tert-OH is 1. The van der Waals surface area contributed by atoms with Gasteiger partial charge in [-0.25, -0.2) is 9.97 Å². The van der Waals surface area contributed by atoms with E-state index in [0.717, 1.165) is 22.6 Å². The Bertz CT molecular complexity index is 665. The zero-order chi connectivity index (χ0) is 15.8. The van der Waals surface area contributed by atoms with Crippen molar-refractivity contribution < 1.29 is 10.2 Å². The molecule has 0 aromatic carbocycles. The van der Waals surface area contributed by atoms with Gasteiger partial charge in [-0.15, -0.1) is 0 Å². The van der Waals surface area contributed by atoms with Gasteiger partial charge in [-0.1, -0.05) is 6.92 Å². The number of aromatic nitrogens is 3. The van der Waals surface area contributed by atoms with Crippen molar-refractivity contribution in [2.24, 2.45) is 0 Å². The molecule has 0 aliphatic rings. The van der Waals surface area contributed by atoms with Crippen molar-refractivity contribution in [2.45, 2.75) is 52.7 Å². The molecule has 0 aliphatic carbocycles. The van der Waals surface area contributed by atoms with E-state index in [1.807, 2.05) is 32.3 Å². The van der Waals surface area contributed by atoms with E-state index in [4.69, 9.17) is 5.73 Å². The fourth-order valence-corrected chi connectivity index (χ4v) is 2.68. The number of imidazole rings is 1. The first kappa shape index (κ1) is 15.7. The minimum absolute atomic E-state index is 0.0439. The van der Waals surface area contributed by atoms with Gasteiger partial charge in [-0.3, -0.25) is 0 Å². The van der Waals surface area contributed by atoms with Crippen molar-refractivity contribution in [1.29, 1.82) is 0 Å². The van der Waals surface area contributed by atoms with Crippen LogP contribution in [0.4, 0.5) is 5.82 Å². The fraction of sp³-hybridized carbons (Fsp3) is 0.600. The Balaban J connectivity index is 2.61. The summed E-state index contributed by atoms with van der Waals surface area (Å²) >= 11 is 0. The minimum Gasteiger partial charge on any atom is -0.396 e. The third-order valence-electron chi connectivity index (χ3n) is 4.27. The number of nitrogens with two attached hydrogens (primary N) is 1. The van der Waals surface area contributed by atoms with Crippen LogP contribution in [0.5, 0.6) is 0 Å². The van der Waals surface area contributed by atoms with E-state index < -0.39 is 5.60 Å². The molecule has 21 heavy (non-hydrogen) atoms. The van der Waals surface area contributed by atoms with Gasteiger partial charge in [0.05, 0.1) is 17.7 Å². The maximum atomic E-state index is 10.6. The number of hydrogen-bond acceptors (Lipinski definition) is 5. The summed E-state index contributed by atoms with van der Waals surface area (Å²) in [5.74, 6) is 1.20. The number of rotatable bonds is 5. The van der Waals surface area contributed by atoms with Crippen molar-refractivity contribution in [1.82, 2.24) is 14.5 Å². The molecular formula is C15H24N4O2. The molecule has 116 valence electrons. The number of hydrogen-bond donors (Lipinski definition) is 3. The Hall–Kier alpha value is -1.66. The van der Waals surface area contributed by atoms with Crippen molar-refractivity contribution in [3.63, 3.8) is 0 Å². The van der Waals surface area contributed by atoms with Crippen LogP contribution < -0.4 is 5.73 Å². The Labute approximate surface area is 124 Å². The SMILES string of the molecule is CCC(O)(CCO)Cn1c(C)nc2c(N)nc(C)c(C)c21. The molecular weight excluding hydrogens is 268 g/mol. The largest absolute Gasteiger partial charge is 0.396 e. The van der Waals surface area contributed by atoms with Crippen LogP contribution in [0.15, 0.2) is 0 Å². The van der Waals surface area contributed by atoms with E-state index in [1.54, 1.807) is 0 Å². The highest BCUT2D eigenvalue weighted by molar-refractivity contribution is 5.88. The van der Waals surface area contributed by atoms with Crippen LogP contribution in [0.25, 0.3) is 11.0 Å². The molecule has 2 rings (SSSR count). The van der Waals surface area contributed by atoms with E-state index in [-0.39, 0.29) is 6.61 Å². The first-order valence-electron chi connectivity index (χ1n) is 7.25. The summed E-state index contributed by atoms with van der Waals surface area (Å²) in [4.78, 5) is 8.80. The third kappa shape index (κ3) is 2.73. The van der Waals surface area contributed by atoms with Crippen LogP contribution in [0.2, 0.25) is 0 Å². The Morgan fingerprint density at radius 2 is 1.90 bits per heavy atom. The average molecular weight is 292 g/mol. The number of anilines is 1. The molecule has 2 aromatic rings. The molecule has 0 spiro atoms. The molecule has 4 N–H and O–H groups in total. The van der Waals surface area contributed by atoms with E-state index in [1.165, 1.54) is 0 Å². The molecule has 6 nitrogen and oxygen atoms in total. The van der Waals surface area contributed by atoms with E-state index in [0.29, 0.717) is 30.7 Å². The maximum Gasteiger partial charge on any atom is 0.151 e. The average Bonchev–Trinajstić information content (AvgIpc) is 2.74. The van der Waals surface area contributed by atoms with Crippen LogP contribution in [-0.4, -0.2) is 37.0 Å². The first-order chi connectivity index (χ1) is 9.83. The van der Waals surface area contributed by atoms with Gasteiger partial charge in [0, 0.05) is 18.7 Å². The Morgan fingerprint density at radius 1 is 1.24 bits per heavy atom. The lowest BCUT2D eigenvalue weighted by molar-refractivity contribution is -0.00281. The van der Waals surface area contributed by atoms with Crippen molar-refractivity contribution in [3.8, 4) is 0 Å². The molecule has 6 heteroatoms. The van der Waals surface area contributed by atoms with Gasteiger partial charge in [-0.05, 0) is 32.8 Å². The quantitative estimate of drug-likeness (QED) is 0.775. The fourth-order valence-electron chi connectivity index (χ4n) is 2.68. The van der Waals surface area contributed by atoms with Crippen LogP contribution in [0.3, 0.4) is 0 Å².